The molecule has 20 nitrogen and oxygen atoms in total. The van der Waals surface area contributed by atoms with Crippen LogP contribution in [0.5, 0.6) is 0 Å². The Kier molecular flexibility index (Phi) is 19.7. The highest BCUT2D eigenvalue weighted by Gasteiger charge is 2.33. The molecule has 0 radical (unpaired) electrons. The third-order valence-corrected chi connectivity index (χ3v) is 30.0. The minimum Gasteiger partial charge on any atom is -0.454 e. The number of fused-ring (bicyclic) bond motifs is 24. The van der Waals surface area contributed by atoms with Crippen molar-refractivity contribution in [2.24, 2.45) is 23.7 Å². The molecule has 6 aliphatic rings. The first-order valence-corrected chi connectivity index (χ1v) is 48.0. The zero-order chi connectivity index (χ0) is 91.6. The molecule has 21 aromatic rings. The number of piperidine rings is 4. The zero-order valence-corrected chi connectivity index (χ0v) is 76.2. The second-order valence-corrected chi connectivity index (χ2v) is 39.0. The van der Waals surface area contributed by atoms with Gasteiger partial charge in [0.15, 0.2) is 33.5 Å². The first-order valence-electron chi connectivity index (χ1n) is 48.0. The van der Waals surface area contributed by atoms with Gasteiger partial charge in [0.1, 0.15) is 86.6 Å². The smallest absolute Gasteiger partial charge is 0.158 e. The summed E-state index contributed by atoms with van der Waals surface area (Å²) in [5.41, 5.74) is 15.9. The molecule has 0 bridgehead atoms. The molecule has 0 spiro atoms. The molecule has 0 N–H and O–H groups in total. The molecule has 0 amide bonds. The normalized spacial score (nSPS) is 18.1. The van der Waals surface area contributed by atoms with E-state index in [2.05, 4.69) is 251 Å². The summed E-state index contributed by atoms with van der Waals surface area (Å²) in [5, 5.41) is 85.0. The van der Waals surface area contributed by atoms with Crippen LogP contribution in [0.25, 0.3) is 196 Å². The monoisotopic (exact) mass is 1780 g/mol. The highest BCUT2D eigenvalue weighted by molar-refractivity contribution is 6.28. The van der Waals surface area contributed by atoms with E-state index >= 15 is 0 Å². The van der Waals surface area contributed by atoms with Gasteiger partial charge in [0.2, 0.25) is 0 Å². The maximum absolute atomic E-state index is 10.7. The van der Waals surface area contributed by atoms with Crippen molar-refractivity contribution in [2.45, 2.75) is 79.1 Å². The average Bonchev–Trinajstić information content (AvgIpc) is 1.56. The molecular formula is C116H94N12O8. The third-order valence-electron chi connectivity index (χ3n) is 30.0. The van der Waals surface area contributed by atoms with Gasteiger partial charge in [-0.25, -0.2) is 0 Å². The predicted octanol–water partition coefficient (Wildman–Crippen LogP) is 27.2. The number of hydrogen-bond acceptors (Lipinski definition) is 20. The Morgan fingerprint density at radius 1 is 0.221 bits per heavy atom. The van der Waals surface area contributed by atoms with Crippen LogP contribution in [0.2, 0.25) is 0 Å². The van der Waals surface area contributed by atoms with Gasteiger partial charge in [-0.05, 0) is 285 Å². The van der Waals surface area contributed by atoms with Crippen molar-refractivity contribution < 1.29 is 36.0 Å². The lowest BCUT2D eigenvalue weighted by molar-refractivity contribution is 0.122. The largest absolute Gasteiger partial charge is 0.454 e. The molecule has 6 saturated heterocycles. The summed E-state index contributed by atoms with van der Waals surface area (Å²) in [6, 6.07) is 78.5. The molecule has 20 heteroatoms. The van der Waals surface area contributed by atoms with Crippen molar-refractivity contribution in [2.75, 3.05) is 134 Å². The lowest BCUT2D eigenvalue weighted by Crippen LogP contribution is -2.38. The number of hydrogen-bond donors (Lipinski definition) is 0. The Hall–Kier alpha value is -15.7. The van der Waals surface area contributed by atoms with E-state index in [1.54, 1.807) is 0 Å². The number of morpholine rings is 2. The first-order chi connectivity index (χ1) is 66.7. The van der Waals surface area contributed by atoms with Crippen LogP contribution in [0.4, 0.5) is 34.1 Å². The summed E-state index contributed by atoms with van der Waals surface area (Å²) < 4.78 is 49.6. The van der Waals surface area contributed by atoms with Crippen LogP contribution >= 0.6 is 0 Å². The van der Waals surface area contributed by atoms with Crippen molar-refractivity contribution in [3.63, 3.8) is 0 Å². The molecule has 15 aromatic carbocycles. The highest BCUT2D eigenvalue weighted by atomic mass is 16.5. The standard InChI is InChI=1S/C42H38N4O2.C38H30N4O2.C36H26N4O4/c1-23-9-24(2)20-45(19-23)31-7-5-27-13-33-37(15-29(27)11-31)47-41-36(18-44)42-40(35(17-43)39(33)41)34-14-28-6-8-32(12-30(28)16-38(34)48-42)46-21-25(3)10-26(4)22-46;39-21-31-35-29-17-23-7-9-27(41-11-3-1-4-12-41)15-25(23)19-33(29)43-37(35)32(22-40)38-36(31)30-18-24-8-10-28(42-13-5-2-6-14-42)16-26(24)20-34(30)44-38;37-19-29-33-27-15-21-1-3-25(39-5-9-41-10-6-39)13-23(21)17-31(27)43-35(33)30(20-38)36-34(29)28-16-22-2-4-26(40-7-11-42-12-8-40)14-24(22)18-32(28)44-36/h5-8,11-16,23-26H,9-10,19-22H2,1-4H3;7-10,15-20H,1-6,11-14H2;1-4,13-18H,5-12H2. The molecule has 12 heterocycles. The van der Waals surface area contributed by atoms with E-state index in [1.807, 2.05) is 24.3 Å². The number of nitrogens with zero attached hydrogens (tertiary/aromatic N) is 12. The van der Waals surface area contributed by atoms with Crippen LogP contribution in [0.15, 0.2) is 208 Å². The summed E-state index contributed by atoms with van der Waals surface area (Å²) in [5.74, 6) is 2.64. The molecular weight excluding hydrogens is 1690 g/mol. The van der Waals surface area contributed by atoms with Crippen molar-refractivity contribution in [3.05, 3.63) is 215 Å². The third kappa shape index (κ3) is 13.6. The zero-order valence-electron chi connectivity index (χ0n) is 76.2. The van der Waals surface area contributed by atoms with Crippen LogP contribution in [-0.2, 0) is 9.47 Å². The van der Waals surface area contributed by atoms with Crippen molar-refractivity contribution in [1.82, 2.24) is 0 Å². The lowest BCUT2D eigenvalue weighted by atomic mass is 9.91. The van der Waals surface area contributed by atoms with Crippen LogP contribution < -0.4 is 29.4 Å². The van der Waals surface area contributed by atoms with Crippen LogP contribution in [0.1, 0.15) is 112 Å². The van der Waals surface area contributed by atoms with E-state index in [1.165, 1.54) is 74.1 Å². The number of nitriles is 6. The van der Waals surface area contributed by atoms with Crippen LogP contribution in [-0.4, -0.2) is 105 Å². The number of anilines is 6. The molecule has 0 aliphatic carbocycles. The van der Waals surface area contributed by atoms with Crippen molar-refractivity contribution in [1.29, 1.82) is 31.6 Å². The van der Waals surface area contributed by atoms with Gasteiger partial charge in [-0.1, -0.05) is 64.1 Å². The number of benzene rings is 15. The molecule has 6 aromatic heterocycles. The lowest BCUT2D eigenvalue weighted by Gasteiger charge is -2.36. The second-order valence-electron chi connectivity index (χ2n) is 39.0. The fraction of sp³-hybridized carbons (Fsp3) is 0.276. The van der Waals surface area contributed by atoms with Gasteiger partial charge in [0.05, 0.1) is 43.1 Å². The van der Waals surface area contributed by atoms with Gasteiger partial charge >= 0.3 is 0 Å². The molecule has 0 saturated carbocycles. The summed E-state index contributed by atoms with van der Waals surface area (Å²) in [7, 11) is 0. The predicted molar refractivity (Wildman–Crippen MR) is 545 cm³/mol. The number of ether oxygens (including phenoxy) is 2. The summed E-state index contributed by atoms with van der Waals surface area (Å²) >= 11 is 0. The van der Waals surface area contributed by atoms with Crippen molar-refractivity contribution in [3.8, 4) is 36.4 Å². The Morgan fingerprint density at radius 3 is 0.625 bits per heavy atom. The van der Waals surface area contributed by atoms with E-state index in [-0.39, 0.29) is 0 Å². The SMILES string of the molecule is CC1CC(C)CN(c2ccc3cc4c(cc3c2)oc2c(C#N)c3oc5cc6cc(N7CC(C)CC(C)C7)ccc6cc5c3c(C#N)c24)C1.N#Cc1c2oc3cc4cc(N5CCCCC5)ccc4cc3c2c(C#N)c2c1oc1cc3cc(N4CCCCC4)ccc3cc12.N#Cc1c2oc3cc4cc(N5CCOCC5)ccc4cc3c2c(C#N)c2c1oc1cc3cc(N4CCOCC4)ccc3cc12. The Morgan fingerprint density at radius 2 is 0.419 bits per heavy atom. The van der Waals surface area contributed by atoms with Crippen LogP contribution in [0, 0.1) is 91.7 Å². The second kappa shape index (κ2) is 32.6. The van der Waals surface area contributed by atoms with Gasteiger partial charge in [0.25, 0.3) is 0 Å². The van der Waals surface area contributed by atoms with Gasteiger partial charge in [-0.2, -0.15) is 31.6 Å². The Labute approximate surface area is 782 Å². The van der Waals surface area contributed by atoms with Crippen LogP contribution in [0.3, 0.4) is 0 Å². The quantitative estimate of drug-likeness (QED) is 0.150. The van der Waals surface area contributed by atoms with E-state index in [0.29, 0.717) is 156 Å². The van der Waals surface area contributed by atoms with Gasteiger partial charge < -0.3 is 65.4 Å². The average molecular weight is 1780 g/mol. The highest BCUT2D eigenvalue weighted by Crippen LogP contribution is 2.51. The maximum Gasteiger partial charge on any atom is 0.158 e. The molecule has 4 atom stereocenters. The van der Waals surface area contributed by atoms with Crippen molar-refractivity contribution >= 4 is 230 Å². The fourth-order valence-corrected chi connectivity index (χ4v) is 23.7. The number of furan rings is 6. The molecule has 666 valence electrons. The fourth-order valence-electron chi connectivity index (χ4n) is 23.7. The van der Waals surface area contributed by atoms with E-state index in [0.717, 1.165) is 213 Å². The van der Waals surface area contributed by atoms with E-state index in [4.69, 9.17) is 36.0 Å². The van der Waals surface area contributed by atoms with Gasteiger partial charge in [-0.15, -0.1) is 0 Å². The first kappa shape index (κ1) is 82.2. The minimum absolute atomic E-state index is 0.303. The summed E-state index contributed by atoms with van der Waals surface area (Å²) in [6.45, 7) is 24.2. The molecule has 136 heavy (non-hydrogen) atoms. The van der Waals surface area contributed by atoms with E-state index < -0.39 is 0 Å². The summed E-state index contributed by atoms with van der Waals surface area (Å²) in [6.07, 6.45) is 10.00. The Bertz CT molecular complexity index is 8140. The van der Waals surface area contributed by atoms with E-state index in [9.17, 15) is 31.6 Å². The topological polar surface area (TPSA) is 259 Å². The minimum atomic E-state index is 0.303. The maximum atomic E-state index is 10.7. The molecule has 27 rings (SSSR count). The Balaban J connectivity index is 0.000000109. The molecule has 6 aliphatic heterocycles. The number of rotatable bonds is 6. The van der Waals surface area contributed by atoms with Gasteiger partial charge in [-0.3, -0.25) is 0 Å². The summed E-state index contributed by atoms with van der Waals surface area (Å²) in [4.78, 5) is 14.5. The van der Waals surface area contributed by atoms with Gasteiger partial charge in [0, 0.05) is 177 Å². The molecule has 6 fully saturated rings. The molecule has 4 unspecified atom stereocenters.